The Morgan fingerprint density at radius 3 is 1.11 bits per heavy atom. The van der Waals surface area contributed by atoms with Crippen molar-refractivity contribution in [3.63, 3.8) is 0 Å². The van der Waals surface area contributed by atoms with Gasteiger partial charge < -0.3 is 34.4 Å². The van der Waals surface area contributed by atoms with Crippen LogP contribution in [0, 0.1) is 0 Å². The molecule has 2 aliphatic carbocycles. The van der Waals surface area contributed by atoms with Gasteiger partial charge in [0.05, 0.1) is 0 Å². The molecule has 0 amide bonds. The van der Waals surface area contributed by atoms with Crippen molar-refractivity contribution in [1.29, 1.82) is 0 Å². The second-order valence-corrected chi connectivity index (χ2v) is 6.09. The fourth-order valence-corrected chi connectivity index (χ4v) is 1.69. The van der Waals surface area contributed by atoms with E-state index in [2.05, 4.69) is 0 Å². The summed E-state index contributed by atoms with van der Waals surface area (Å²) >= 11 is 0. The van der Waals surface area contributed by atoms with Gasteiger partial charge in [0, 0.05) is 36.3 Å². The van der Waals surface area contributed by atoms with Crippen molar-refractivity contribution in [3.8, 4) is 0 Å². The zero-order chi connectivity index (χ0) is 15.1. The van der Waals surface area contributed by atoms with Crippen LogP contribution in [0.1, 0.15) is 46.0 Å². The summed E-state index contributed by atoms with van der Waals surface area (Å²) in [5.74, 6) is 0. The lowest BCUT2D eigenvalue weighted by Gasteiger charge is -2.43. The third-order valence-electron chi connectivity index (χ3n) is 3.77. The van der Waals surface area contributed by atoms with E-state index in [4.69, 9.17) is 34.4 Å². The predicted molar refractivity (Wildman–Crippen MR) is 82.3 cm³/mol. The lowest BCUT2D eigenvalue weighted by Crippen LogP contribution is -2.61. The normalized spacial score (nSPS) is 24.6. The van der Waals surface area contributed by atoms with Crippen molar-refractivity contribution in [2.24, 2.45) is 34.4 Å². The van der Waals surface area contributed by atoms with Crippen LogP contribution in [0.25, 0.3) is 0 Å². The molecule has 12 N–H and O–H groups in total. The molecule has 19 heavy (non-hydrogen) atoms. The van der Waals surface area contributed by atoms with Crippen LogP contribution >= 0.6 is 0 Å². The van der Waals surface area contributed by atoms with Crippen molar-refractivity contribution < 1.29 is 0 Å². The first-order valence-corrected chi connectivity index (χ1v) is 7.20. The first-order valence-electron chi connectivity index (χ1n) is 7.20. The molecule has 6 nitrogen and oxygen atoms in total. The lowest BCUT2D eigenvalue weighted by molar-refractivity contribution is 0.188. The third kappa shape index (κ3) is 6.65. The van der Waals surface area contributed by atoms with E-state index in [1.807, 2.05) is 13.8 Å². The van der Waals surface area contributed by atoms with Crippen LogP contribution in [-0.2, 0) is 0 Å². The minimum absolute atomic E-state index is 0.0486. The summed E-state index contributed by atoms with van der Waals surface area (Å²) in [6.07, 6.45) is 5.91. The summed E-state index contributed by atoms with van der Waals surface area (Å²) in [6, 6.07) is 0.324. The molecule has 2 unspecified atom stereocenters. The van der Waals surface area contributed by atoms with Crippen molar-refractivity contribution in [2.75, 3.05) is 13.1 Å². The Hall–Kier alpha value is -0.240. The van der Waals surface area contributed by atoms with Gasteiger partial charge in [-0.25, -0.2) is 0 Å². The first kappa shape index (κ1) is 18.8. The molecule has 116 valence electrons. The predicted octanol–water partition coefficient (Wildman–Crippen LogP) is -1.06. The monoisotopic (exact) mass is 274 g/mol. The Kier molecular flexibility index (Phi) is 8.03. The minimum atomic E-state index is 0.0486. The molecule has 0 spiro atoms. The average Bonchev–Trinajstić information content (AvgIpc) is 3.07. The lowest BCUT2D eigenvalue weighted by atomic mass is 9.71. The molecular formula is C13H34N6. The highest BCUT2D eigenvalue weighted by atomic mass is 15.0. The minimum Gasteiger partial charge on any atom is -0.329 e. The molecule has 0 radical (unpaired) electrons. The van der Waals surface area contributed by atoms with Crippen molar-refractivity contribution in [3.05, 3.63) is 0 Å². The van der Waals surface area contributed by atoms with Crippen LogP contribution in [0.15, 0.2) is 0 Å². The highest BCUT2D eigenvalue weighted by molar-refractivity contribution is 5.19. The van der Waals surface area contributed by atoms with E-state index in [0.29, 0.717) is 13.1 Å². The van der Waals surface area contributed by atoms with E-state index in [-0.39, 0.29) is 23.2 Å². The highest BCUT2D eigenvalue weighted by Gasteiger charge is 2.56. The van der Waals surface area contributed by atoms with Crippen LogP contribution in [-0.4, -0.2) is 36.3 Å². The van der Waals surface area contributed by atoms with Gasteiger partial charge in [0.15, 0.2) is 0 Å². The first-order chi connectivity index (χ1) is 8.70. The van der Waals surface area contributed by atoms with Gasteiger partial charge in [0.1, 0.15) is 0 Å². The molecule has 0 saturated heterocycles. The maximum absolute atomic E-state index is 6.02. The molecular weight excluding hydrogens is 240 g/mol. The Morgan fingerprint density at radius 1 is 0.789 bits per heavy atom. The zero-order valence-electron chi connectivity index (χ0n) is 12.6. The molecule has 0 aromatic heterocycles. The zero-order valence-corrected chi connectivity index (χ0v) is 12.6. The molecule has 2 atom stereocenters. The molecule has 2 fully saturated rings. The fraction of sp³-hybridized carbons (Fsp3) is 1.00. The molecule has 0 heterocycles. The second kappa shape index (κ2) is 8.14. The molecule has 0 aromatic carbocycles. The largest absolute Gasteiger partial charge is 0.329 e. The quantitative estimate of drug-likeness (QED) is 0.385. The van der Waals surface area contributed by atoms with E-state index in [0.717, 1.165) is 25.7 Å². The summed E-state index contributed by atoms with van der Waals surface area (Å²) in [5, 5.41) is 0. The number of nitrogens with two attached hydrogens (primary N) is 6. The maximum Gasteiger partial charge on any atom is 0.0338 e. The summed E-state index contributed by atoms with van der Waals surface area (Å²) in [5.41, 5.74) is 32.5. The summed E-state index contributed by atoms with van der Waals surface area (Å²) in [4.78, 5) is 0. The van der Waals surface area contributed by atoms with Crippen molar-refractivity contribution in [2.45, 2.75) is 69.1 Å². The summed E-state index contributed by atoms with van der Waals surface area (Å²) in [6.45, 7) is 4.92. The molecule has 0 bridgehead atoms. The Balaban J connectivity index is 0.000000283. The second-order valence-electron chi connectivity index (χ2n) is 6.09. The molecule has 0 aliphatic heterocycles. The van der Waals surface area contributed by atoms with Gasteiger partial charge in [-0.15, -0.1) is 0 Å². The van der Waals surface area contributed by atoms with Crippen LogP contribution in [0.3, 0.4) is 0 Å². The fourth-order valence-electron chi connectivity index (χ4n) is 1.69. The van der Waals surface area contributed by atoms with Gasteiger partial charge in [-0.3, -0.25) is 0 Å². The van der Waals surface area contributed by atoms with Crippen LogP contribution < -0.4 is 34.4 Å². The summed E-state index contributed by atoms with van der Waals surface area (Å²) < 4.78 is 0. The van der Waals surface area contributed by atoms with Gasteiger partial charge >= 0.3 is 0 Å². The van der Waals surface area contributed by atoms with Crippen molar-refractivity contribution in [1.82, 2.24) is 0 Å². The molecule has 0 aromatic rings. The van der Waals surface area contributed by atoms with Gasteiger partial charge in [-0.05, 0) is 46.0 Å². The SMILES string of the molecule is CC(N)CN.CC(N)CN.NC1(C2(N)CC2)CCC1. The number of hydrogen-bond donors (Lipinski definition) is 6. The number of rotatable bonds is 3. The average molecular weight is 274 g/mol. The van der Waals surface area contributed by atoms with Gasteiger partial charge in [-0.2, -0.15) is 0 Å². The molecule has 2 rings (SSSR count). The van der Waals surface area contributed by atoms with Crippen LogP contribution in [0.2, 0.25) is 0 Å². The van der Waals surface area contributed by atoms with E-state index >= 15 is 0 Å². The van der Waals surface area contributed by atoms with Crippen LogP contribution in [0.4, 0.5) is 0 Å². The maximum atomic E-state index is 6.02. The van der Waals surface area contributed by atoms with Crippen LogP contribution in [0.5, 0.6) is 0 Å². The Morgan fingerprint density at radius 2 is 1.05 bits per heavy atom. The standard InChI is InChI=1S/C7H14N2.2C3H10N2/c8-6(2-1-3-6)7(9)4-5-7;2*1-3(5)2-4/h1-5,8-9H2;2*3H,2,4-5H2,1H3. The van der Waals surface area contributed by atoms with Gasteiger partial charge in [-0.1, -0.05) is 0 Å². The van der Waals surface area contributed by atoms with E-state index in [1.54, 1.807) is 0 Å². The summed E-state index contributed by atoms with van der Waals surface area (Å²) in [7, 11) is 0. The molecule has 2 saturated carbocycles. The third-order valence-corrected chi connectivity index (χ3v) is 3.77. The van der Waals surface area contributed by atoms with E-state index in [9.17, 15) is 0 Å². The number of hydrogen-bond acceptors (Lipinski definition) is 6. The van der Waals surface area contributed by atoms with E-state index in [1.165, 1.54) is 6.42 Å². The smallest absolute Gasteiger partial charge is 0.0338 e. The van der Waals surface area contributed by atoms with Gasteiger partial charge in [0.2, 0.25) is 0 Å². The highest BCUT2D eigenvalue weighted by Crippen LogP contribution is 2.50. The Bertz CT molecular complexity index is 225. The Labute approximate surface area is 117 Å². The van der Waals surface area contributed by atoms with Crippen molar-refractivity contribution >= 4 is 0 Å². The van der Waals surface area contributed by atoms with E-state index < -0.39 is 0 Å². The molecule has 6 heteroatoms. The molecule has 2 aliphatic rings. The topological polar surface area (TPSA) is 156 Å². The van der Waals surface area contributed by atoms with Gasteiger partial charge in [0.25, 0.3) is 0 Å².